The summed E-state index contributed by atoms with van der Waals surface area (Å²) in [6.45, 7) is 6.04. The minimum atomic E-state index is -0.174. The molecule has 5 rings (SSSR count). The Labute approximate surface area is 208 Å². The van der Waals surface area contributed by atoms with Crippen molar-refractivity contribution in [1.82, 2.24) is 24.7 Å². The van der Waals surface area contributed by atoms with Gasteiger partial charge in [0, 0.05) is 43.5 Å². The minimum Gasteiger partial charge on any atom is -0.362 e. The van der Waals surface area contributed by atoms with Crippen LogP contribution in [0.3, 0.4) is 0 Å². The van der Waals surface area contributed by atoms with Crippen molar-refractivity contribution in [2.24, 2.45) is 7.05 Å². The number of aryl methyl sites for hydroxylation is 2. The van der Waals surface area contributed by atoms with Crippen molar-refractivity contribution < 1.29 is 4.79 Å². The van der Waals surface area contributed by atoms with Gasteiger partial charge in [-0.2, -0.15) is 16.9 Å². The second kappa shape index (κ2) is 9.91. The van der Waals surface area contributed by atoms with E-state index in [9.17, 15) is 4.79 Å². The van der Waals surface area contributed by atoms with E-state index in [2.05, 4.69) is 35.6 Å². The first-order valence-electron chi connectivity index (χ1n) is 11.6. The Kier molecular flexibility index (Phi) is 6.54. The van der Waals surface area contributed by atoms with Crippen molar-refractivity contribution in [3.05, 3.63) is 65.6 Å². The van der Waals surface area contributed by atoms with Crippen LogP contribution in [-0.4, -0.2) is 55.2 Å². The molecule has 1 aliphatic rings. The van der Waals surface area contributed by atoms with E-state index in [-0.39, 0.29) is 11.9 Å². The summed E-state index contributed by atoms with van der Waals surface area (Å²) in [4.78, 5) is 28.9. The Morgan fingerprint density at radius 2 is 1.94 bits per heavy atom. The van der Waals surface area contributed by atoms with E-state index in [0.717, 1.165) is 58.4 Å². The Balaban J connectivity index is 1.27. The molecule has 1 aromatic carbocycles. The summed E-state index contributed by atoms with van der Waals surface area (Å²) >= 11 is 1.96. The van der Waals surface area contributed by atoms with Crippen LogP contribution in [0.5, 0.6) is 0 Å². The number of aromatic nitrogens is 5. The fraction of sp³-hybridized carbons (Fsp3) is 0.320. The Hall–Kier alpha value is -3.66. The molecule has 0 bridgehead atoms. The zero-order valence-corrected chi connectivity index (χ0v) is 20.8. The third kappa shape index (κ3) is 5.07. The maximum atomic E-state index is 12.9. The molecule has 1 fully saturated rings. The van der Waals surface area contributed by atoms with Gasteiger partial charge >= 0.3 is 0 Å². The van der Waals surface area contributed by atoms with Gasteiger partial charge in [-0.05, 0) is 43.2 Å². The lowest BCUT2D eigenvalue weighted by Crippen LogP contribution is -2.33. The number of carbonyl (C=O) groups excluding carboxylic acids is 1. The molecule has 10 heteroatoms. The van der Waals surface area contributed by atoms with Crippen LogP contribution in [0, 0.1) is 6.92 Å². The van der Waals surface area contributed by atoms with Gasteiger partial charge in [-0.3, -0.25) is 4.79 Å². The van der Waals surface area contributed by atoms with E-state index in [4.69, 9.17) is 0 Å². The average Bonchev–Trinajstić information content (AvgIpc) is 3.24. The van der Waals surface area contributed by atoms with Gasteiger partial charge in [-0.15, -0.1) is 0 Å². The summed E-state index contributed by atoms with van der Waals surface area (Å²) in [6, 6.07) is 9.67. The molecular weight excluding hydrogens is 460 g/mol. The number of nitrogens with one attached hydrogen (secondary N) is 2. The molecule has 2 N–H and O–H groups in total. The second-order valence-electron chi connectivity index (χ2n) is 8.64. The number of hydrogen-bond donors (Lipinski definition) is 2. The molecule has 3 aromatic heterocycles. The molecular formula is C25H28N8OS. The molecule has 0 aliphatic carbocycles. The molecule has 4 heterocycles. The summed E-state index contributed by atoms with van der Waals surface area (Å²) < 4.78 is 1.70. The number of anilines is 3. The molecule has 0 unspecified atom stereocenters. The monoisotopic (exact) mass is 488 g/mol. The van der Waals surface area contributed by atoms with E-state index in [1.165, 1.54) is 0 Å². The topological polar surface area (TPSA) is 101 Å². The van der Waals surface area contributed by atoms with E-state index in [1.54, 1.807) is 23.3 Å². The second-order valence-corrected chi connectivity index (χ2v) is 9.87. The van der Waals surface area contributed by atoms with Gasteiger partial charge in [0.2, 0.25) is 0 Å². The van der Waals surface area contributed by atoms with Gasteiger partial charge in [0.25, 0.3) is 5.91 Å². The highest BCUT2D eigenvalue weighted by atomic mass is 32.2. The fourth-order valence-corrected chi connectivity index (χ4v) is 5.08. The van der Waals surface area contributed by atoms with Crippen LogP contribution in [0.25, 0.3) is 11.2 Å². The van der Waals surface area contributed by atoms with Crippen molar-refractivity contribution >= 4 is 46.2 Å². The molecule has 1 amide bonds. The SMILES string of the molecule is Cc1cc(C(=O)Nc2cccc([C@H](C)Nc3cnc4cnn(C)c4n3)c2)cnc1N1CCSCC1. The molecule has 1 atom stereocenters. The van der Waals surface area contributed by atoms with E-state index in [0.29, 0.717) is 11.4 Å². The third-order valence-corrected chi connectivity index (χ3v) is 7.02. The first kappa shape index (κ1) is 23.1. The van der Waals surface area contributed by atoms with Gasteiger partial charge in [0.05, 0.1) is 24.0 Å². The number of fused-ring (bicyclic) bond motifs is 1. The number of hydrogen-bond acceptors (Lipinski definition) is 8. The molecule has 180 valence electrons. The maximum absolute atomic E-state index is 12.9. The molecule has 0 spiro atoms. The van der Waals surface area contributed by atoms with Gasteiger partial charge in [-0.25, -0.2) is 19.6 Å². The molecule has 0 saturated carbocycles. The number of nitrogens with zero attached hydrogens (tertiary/aromatic N) is 6. The minimum absolute atomic E-state index is 0.0438. The highest BCUT2D eigenvalue weighted by Gasteiger charge is 2.17. The Morgan fingerprint density at radius 3 is 2.74 bits per heavy atom. The fourth-order valence-electron chi connectivity index (χ4n) is 4.18. The highest BCUT2D eigenvalue weighted by molar-refractivity contribution is 7.99. The van der Waals surface area contributed by atoms with E-state index >= 15 is 0 Å². The lowest BCUT2D eigenvalue weighted by molar-refractivity contribution is 0.102. The zero-order chi connectivity index (χ0) is 24.4. The number of amides is 1. The number of benzene rings is 1. The van der Waals surface area contributed by atoms with Crippen LogP contribution in [0.15, 0.2) is 48.9 Å². The van der Waals surface area contributed by atoms with Gasteiger partial charge in [0.1, 0.15) is 17.2 Å². The molecule has 0 radical (unpaired) electrons. The zero-order valence-electron chi connectivity index (χ0n) is 20.0. The van der Waals surface area contributed by atoms with Crippen LogP contribution >= 0.6 is 11.8 Å². The third-order valence-electron chi connectivity index (χ3n) is 6.07. The van der Waals surface area contributed by atoms with Crippen LogP contribution in [-0.2, 0) is 7.05 Å². The Bertz CT molecular complexity index is 1360. The Morgan fingerprint density at radius 1 is 1.11 bits per heavy atom. The van der Waals surface area contributed by atoms with Crippen molar-refractivity contribution in [1.29, 1.82) is 0 Å². The summed E-state index contributed by atoms with van der Waals surface area (Å²) in [5.41, 5.74) is 4.78. The quantitative estimate of drug-likeness (QED) is 0.419. The molecule has 9 nitrogen and oxygen atoms in total. The summed E-state index contributed by atoms with van der Waals surface area (Å²) in [7, 11) is 1.84. The predicted octanol–water partition coefficient (Wildman–Crippen LogP) is 4.05. The lowest BCUT2D eigenvalue weighted by Gasteiger charge is -2.28. The van der Waals surface area contributed by atoms with Crippen molar-refractivity contribution in [2.75, 3.05) is 40.1 Å². The van der Waals surface area contributed by atoms with Gasteiger partial charge < -0.3 is 15.5 Å². The number of rotatable bonds is 6. The highest BCUT2D eigenvalue weighted by Crippen LogP contribution is 2.24. The average molecular weight is 489 g/mol. The van der Waals surface area contributed by atoms with Gasteiger partial charge in [0.15, 0.2) is 5.65 Å². The molecule has 4 aromatic rings. The summed E-state index contributed by atoms with van der Waals surface area (Å²) in [5.74, 6) is 3.68. The lowest BCUT2D eigenvalue weighted by atomic mass is 10.1. The predicted molar refractivity (Wildman–Crippen MR) is 141 cm³/mol. The first-order chi connectivity index (χ1) is 17.0. The van der Waals surface area contributed by atoms with Crippen LogP contribution in [0.4, 0.5) is 17.3 Å². The van der Waals surface area contributed by atoms with E-state index < -0.39 is 0 Å². The first-order valence-corrected chi connectivity index (χ1v) is 12.8. The molecule has 1 saturated heterocycles. The summed E-state index contributed by atoms with van der Waals surface area (Å²) in [6.07, 6.45) is 5.06. The largest absolute Gasteiger partial charge is 0.362 e. The normalized spacial score (nSPS) is 14.7. The van der Waals surface area contributed by atoms with Crippen molar-refractivity contribution in [2.45, 2.75) is 19.9 Å². The van der Waals surface area contributed by atoms with Crippen molar-refractivity contribution in [3.8, 4) is 0 Å². The smallest absolute Gasteiger partial charge is 0.257 e. The van der Waals surface area contributed by atoms with E-state index in [1.807, 2.05) is 63.0 Å². The van der Waals surface area contributed by atoms with Crippen LogP contribution < -0.4 is 15.5 Å². The van der Waals surface area contributed by atoms with Crippen LogP contribution in [0.2, 0.25) is 0 Å². The number of thioether (sulfide) groups is 1. The van der Waals surface area contributed by atoms with Crippen molar-refractivity contribution in [3.63, 3.8) is 0 Å². The maximum Gasteiger partial charge on any atom is 0.257 e. The van der Waals surface area contributed by atoms with Gasteiger partial charge in [-0.1, -0.05) is 12.1 Å². The van der Waals surface area contributed by atoms with Crippen LogP contribution in [0.1, 0.15) is 34.5 Å². The standard InChI is InChI=1S/C25H28N8OS/c1-16-11-19(13-27-23(16)33-7-9-35-10-8-33)25(34)30-20-6-4-5-18(12-20)17(2)29-22-15-26-21-14-28-32(3)24(21)31-22/h4-6,11-15,17H,7-10H2,1-3H3,(H,29,31)(H,30,34)/t17-/m0/s1. The summed E-state index contributed by atoms with van der Waals surface area (Å²) in [5, 5.41) is 10.6. The number of pyridine rings is 1. The number of carbonyl (C=O) groups is 1. The molecule has 35 heavy (non-hydrogen) atoms. The molecule has 1 aliphatic heterocycles.